The third-order valence-corrected chi connectivity index (χ3v) is 6.50. The highest BCUT2D eigenvalue weighted by Gasteiger charge is 2.27. The molecule has 0 radical (unpaired) electrons. The van der Waals surface area contributed by atoms with Crippen LogP contribution < -0.4 is 9.46 Å². The van der Waals surface area contributed by atoms with Gasteiger partial charge in [-0.25, -0.2) is 8.42 Å². The molecule has 0 aliphatic carbocycles. The van der Waals surface area contributed by atoms with Gasteiger partial charge in [-0.05, 0) is 66.2 Å². The number of amides is 1. The van der Waals surface area contributed by atoms with Crippen LogP contribution in [0.3, 0.4) is 0 Å². The van der Waals surface area contributed by atoms with Crippen molar-refractivity contribution in [2.45, 2.75) is 31.0 Å². The molecule has 29 heavy (non-hydrogen) atoms. The quantitative estimate of drug-likeness (QED) is 0.704. The molecular weight excluding hydrogens is 460 g/mol. The van der Waals surface area contributed by atoms with Crippen LogP contribution >= 0.6 is 15.9 Å². The maximum absolute atomic E-state index is 12.9. The number of benzene rings is 2. The first-order chi connectivity index (χ1) is 13.7. The van der Waals surface area contributed by atoms with Gasteiger partial charge in [-0.15, -0.1) is 0 Å². The molecule has 1 heterocycles. The summed E-state index contributed by atoms with van der Waals surface area (Å²) in [6, 6.07) is 10.9. The highest BCUT2D eigenvalue weighted by molar-refractivity contribution is 9.10. The number of ether oxygens (including phenoxy) is 2. The number of hydrogen-bond acceptors (Lipinski definition) is 5. The van der Waals surface area contributed by atoms with Crippen LogP contribution in [0.5, 0.6) is 5.75 Å². The number of nitrogens with one attached hydrogen (secondary N) is 1. The van der Waals surface area contributed by atoms with Crippen molar-refractivity contribution in [1.82, 2.24) is 4.90 Å². The van der Waals surface area contributed by atoms with Crippen molar-refractivity contribution in [3.8, 4) is 5.75 Å². The lowest BCUT2D eigenvalue weighted by molar-refractivity contribution is -0.0586. The van der Waals surface area contributed by atoms with Gasteiger partial charge in [-0.1, -0.05) is 6.07 Å². The summed E-state index contributed by atoms with van der Waals surface area (Å²) in [6.45, 7) is 4.76. The van der Waals surface area contributed by atoms with Crippen LogP contribution in [0.25, 0.3) is 0 Å². The first-order valence-corrected chi connectivity index (χ1v) is 11.4. The molecule has 2 aromatic carbocycles. The summed E-state index contributed by atoms with van der Waals surface area (Å²) in [5.41, 5.74) is 0.704. The lowest BCUT2D eigenvalue weighted by atomic mass is 10.1. The zero-order valence-corrected chi connectivity index (χ0v) is 18.8. The molecule has 1 saturated heterocycles. The number of sulfonamides is 1. The molecule has 3 rings (SSSR count). The van der Waals surface area contributed by atoms with Crippen LogP contribution in [0.1, 0.15) is 24.2 Å². The highest BCUT2D eigenvalue weighted by Crippen LogP contribution is 2.29. The minimum Gasteiger partial charge on any atom is -0.496 e. The number of morpholine rings is 1. The molecule has 9 heteroatoms. The number of carbonyl (C=O) groups is 1. The Morgan fingerprint density at radius 3 is 2.48 bits per heavy atom. The van der Waals surface area contributed by atoms with E-state index in [1.807, 2.05) is 13.8 Å². The molecule has 2 aromatic rings. The Morgan fingerprint density at radius 1 is 1.17 bits per heavy atom. The van der Waals surface area contributed by atoms with E-state index in [1.165, 1.54) is 19.2 Å². The maximum atomic E-state index is 12.9. The fourth-order valence-electron chi connectivity index (χ4n) is 3.27. The van der Waals surface area contributed by atoms with Crippen LogP contribution in [-0.4, -0.2) is 51.6 Å². The number of nitrogens with zero attached hydrogens (tertiary/aromatic N) is 1. The predicted octanol–water partition coefficient (Wildman–Crippen LogP) is 3.51. The summed E-state index contributed by atoms with van der Waals surface area (Å²) in [5.74, 6) is 0.380. The minimum absolute atomic E-state index is 0.0182. The van der Waals surface area contributed by atoms with Crippen LogP contribution in [0, 0.1) is 0 Å². The van der Waals surface area contributed by atoms with Gasteiger partial charge in [-0.2, -0.15) is 0 Å². The van der Waals surface area contributed by atoms with Crippen LogP contribution in [0.4, 0.5) is 5.69 Å². The predicted molar refractivity (Wildman–Crippen MR) is 114 cm³/mol. The van der Waals surface area contributed by atoms with Crippen molar-refractivity contribution in [2.24, 2.45) is 0 Å². The van der Waals surface area contributed by atoms with Gasteiger partial charge in [0.15, 0.2) is 0 Å². The maximum Gasteiger partial charge on any atom is 0.261 e. The summed E-state index contributed by atoms with van der Waals surface area (Å²) >= 11 is 3.34. The Kier molecular flexibility index (Phi) is 6.50. The molecule has 1 N–H and O–H groups in total. The molecule has 0 saturated carbocycles. The van der Waals surface area contributed by atoms with Crippen LogP contribution in [-0.2, 0) is 14.8 Å². The summed E-state index contributed by atoms with van der Waals surface area (Å²) < 4.78 is 39.6. The van der Waals surface area contributed by atoms with Crippen molar-refractivity contribution in [3.63, 3.8) is 0 Å². The lowest BCUT2D eigenvalue weighted by Gasteiger charge is -2.35. The molecule has 1 aliphatic heterocycles. The highest BCUT2D eigenvalue weighted by atomic mass is 79.9. The Balaban J connectivity index is 1.82. The van der Waals surface area contributed by atoms with Crippen molar-refractivity contribution >= 4 is 37.5 Å². The number of rotatable bonds is 5. The summed E-state index contributed by atoms with van der Waals surface area (Å²) in [7, 11) is -2.33. The molecule has 0 unspecified atom stereocenters. The van der Waals surface area contributed by atoms with Gasteiger partial charge in [0.25, 0.3) is 15.9 Å². The van der Waals surface area contributed by atoms with E-state index in [4.69, 9.17) is 9.47 Å². The van der Waals surface area contributed by atoms with Gasteiger partial charge in [0.2, 0.25) is 0 Å². The fourth-order valence-corrected chi connectivity index (χ4v) is 4.90. The van der Waals surface area contributed by atoms with Gasteiger partial charge in [0.1, 0.15) is 5.75 Å². The van der Waals surface area contributed by atoms with E-state index in [9.17, 15) is 13.2 Å². The second kappa shape index (κ2) is 8.73. The molecule has 156 valence electrons. The van der Waals surface area contributed by atoms with E-state index < -0.39 is 10.0 Å². The van der Waals surface area contributed by atoms with Crippen LogP contribution in [0.2, 0.25) is 0 Å². The van der Waals surface area contributed by atoms with Crippen molar-refractivity contribution < 1.29 is 22.7 Å². The third-order valence-electron chi connectivity index (χ3n) is 4.50. The molecule has 0 aromatic heterocycles. The van der Waals surface area contributed by atoms with E-state index in [-0.39, 0.29) is 23.0 Å². The van der Waals surface area contributed by atoms with E-state index >= 15 is 0 Å². The standard InChI is InChI=1S/C20H23BrN2O5S/c1-13-11-23(12-14(2)28-13)20(24)15-5-4-6-17(9-15)29(25,26)22-16-7-8-19(27-3)18(21)10-16/h4-10,13-14,22H,11-12H2,1-3H3/t13-,14-/m1/s1. The summed E-state index contributed by atoms with van der Waals surface area (Å²) in [4.78, 5) is 14.6. The SMILES string of the molecule is COc1ccc(NS(=O)(=O)c2cccc(C(=O)N3C[C@@H](C)O[C@H](C)C3)c2)cc1Br. The summed E-state index contributed by atoms with van der Waals surface area (Å²) in [6.07, 6.45) is -0.130. The molecule has 2 atom stereocenters. The molecule has 1 aliphatic rings. The Bertz CT molecular complexity index is 1000. The number of anilines is 1. The number of halogens is 1. The largest absolute Gasteiger partial charge is 0.496 e. The van der Waals surface area contributed by atoms with Gasteiger partial charge in [0, 0.05) is 18.7 Å². The number of methoxy groups -OCH3 is 1. The van der Waals surface area contributed by atoms with E-state index in [0.717, 1.165) is 0 Å². The second-order valence-corrected chi connectivity index (χ2v) is 9.49. The molecule has 1 fully saturated rings. The van der Waals surface area contributed by atoms with Gasteiger partial charge in [0.05, 0.1) is 34.4 Å². The smallest absolute Gasteiger partial charge is 0.261 e. The van der Waals surface area contributed by atoms with E-state index in [0.29, 0.717) is 34.6 Å². The first-order valence-electron chi connectivity index (χ1n) is 9.11. The Morgan fingerprint density at radius 2 is 1.86 bits per heavy atom. The number of carbonyl (C=O) groups excluding carboxylic acids is 1. The molecule has 0 spiro atoms. The average molecular weight is 483 g/mol. The zero-order chi connectivity index (χ0) is 21.2. The average Bonchev–Trinajstić information content (AvgIpc) is 2.66. The normalized spacial score (nSPS) is 19.7. The minimum atomic E-state index is -3.87. The van der Waals surface area contributed by atoms with Crippen molar-refractivity contribution in [2.75, 3.05) is 24.9 Å². The Labute approximate surface area is 179 Å². The van der Waals surface area contributed by atoms with E-state index in [1.54, 1.807) is 35.2 Å². The number of hydrogen-bond donors (Lipinski definition) is 1. The topological polar surface area (TPSA) is 84.9 Å². The van der Waals surface area contributed by atoms with Gasteiger partial charge < -0.3 is 14.4 Å². The van der Waals surface area contributed by atoms with Crippen LogP contribution in [0.15, 0.2) is 51.8 Å². The second-order valence-electron chi connectivity index (χ2n) is 6.95. The van der Waals surface area contributed by atoms with Crippen molar-refractivity contribution in [3.05, 3.63) is 52.5 Å². The summed E-state index contributed by atoms with van der Waals surface area (Å²) in [5, 5.41) is 0. The molecule has 7 nitrogen and oxygen atoms in total. The molecule has 0 bridgehead atoms. The van der Waals surface area contributed by atoms with Gasteiger partial charge in [-0.3, -0.25) is 9.52 Å². The van der Waals surface area contributed by atoms with E-state index in [2.05, 4.69) is 20.7 Å². The lowest BCUT2D eigenvalue weighted by Crippen LogP contribution is -2.48. The molecular formula is C20H23BrN2O5S. The first kappa shape index (κ1) is 21.6. The van der Waals surface area contributed by atoms with Crippen molar-refractivity contribution in [1.29, 1.82) is 0 Å². The molecule has 1 amide bonds. The fraction of sp³-hybridized carbons (Fsp3) is 0.350. The van der Waals surface area contributed by atoms with Gasteiger partial charge >= 0.3 is 0 Å². The monoisotopic (exact) mass is 482 g/mol. The Hall–Kier alpha value is -2.10. The zero-order valence-electron chi connectivity index (χ0n) is 16.4. The third kappa shape index (κ3) is 5.09.